The summed E-state index contributed by atoms with van der Waals surface area (Å²) in [4.78, 5) is 50.8. The second-order valence-corrected chi connectivity index (χ2v) is 13.7. The summed E-state index contributed by atoms with van der Waals surface area (Å²) in [6.45, 7) is 9.25. The van der Waals surface area contributed by atoms with Crippen LogP contribution in [0.5, 0.6) is 5.88 Å². The molecule has 240 valence electrons. The molecule has 1 aromatic carbocycles. The quantitative estimate of drug-likeness (QED) is 0.394. The first kappa shape index (κ1) is 32.0. The molecule has 5 rings (SSSR count). The molecule has 2 aromatic rings. The van der Waals surface area contributed by atoms with Crippen LogP contribution in [0.15, 0.2) is 18.2 Å². The maximum atomic E-state index is 15.9. The molecule has 3 aliphatic rings. The van der Waals surface area contributed by atoms with E-state index in [0.717, 1.165) is 5.56 Å². The Morgan fingerprint density at radius 3 is 2.55 bits per heavy atom. The number of hydrogen-bond acceptors (Lipinski definition) is 8. The summed E-state index contributed by atoms with van der Waals surface area (Å²) in [6, 6.07) is 4.19. The van der Waals surface area contributed by atoms with Crippen molar-refractivity contribution in [1.82, 2.24) is 14.9 Å². The van der Waals surface area contributed by atoms with Gasteiger partial charge < -0.3 is 19.1 Å². The molecular formula is C33H43F2N3O6. The van der Waals surface area contributed by atoms with Gasteiger partial charge in [-0.05, 0) is 61.6 Å². The highest BCUT2D eigenvalue weighted by Crippen LogP contribution is 2.44. The second-order valence-electron chi connectivity index (χ2n) is 13.7. The third-order valence-corrected chi connectivity index (χ3v) is 9.36. The third kappa shape index (κ3) is 6.52. The van der Waals surface area contributed by atoms with Gasteiger partial charge in [-0.25, -0.2) is 14.8 Å². The van der Waals surface area contributed by atoms with E-state index in [1.165, 1.54) is 12.0 Å². The van der Waals surface area contributed by atoms with Crippen LogP contribution in [0.1, 0.15) is 83.9 Å². The molecule has 6 atom stereocenters. The Balaban J connectivity index is 1.60. The van der Waals surface area contributed by atoms with Crippen molar-refractivity contribution in [2.75, 3.05) is 13.7 Å². The van der Waals surface area contributed by atoms with Gasteiger partial charge in [-0.15, -0.1) is 0 Å². The number of esters is 2. The van der Waals surface area contributed by atoms with Crippen molar-refractivity contribution >= 4 is 28.9 Å². The topological polar surface area (TPSA) is 108 Å². The molecule has 1 saturated carbocycles. The minimum absolute atomic E-state index is 0.0675. The van der Waals surface area contributed by atoms with Crippen LogP contribution in [-0.4, -0.2) is 64.6 Å². The van der Waals surface area contributed by atoms with Crippen molar-refractivity contribution < 1.29 is 37.4 Å². The summed E-state index contributed by atoms with van der Waals surface area (Å²) in [7, 11) is 1.24. The Hall–Kier alpha value is -3.37. The molecule has 1 saturated heterocycles. The summed E-state index contributed by atoms with van der Waals surface area (Å²) in [5.74, 6) is -6.41. The molecular weight excluding hydrogens is 572 g/mol. The Morgan fingerprint density at radius 2 is 1.86 bits per heavy atom. The largest absolute Gasteiger partial charge is 0.471 e. The van der Waals surface area contributed by atoms with Crippen LogP contribution in [0, 0.1) is 30.1 Å². The number of halogens is 2. The number of fused-ring (bicyclic) bond motifs is 5. The number of methoxy groups -OCH3 is 1. The van der Waals surface area contributed by atoms with Crippen molar-refractivity contribution in [2.24, 2.45) is 23.2 Å². The van der Waals surface area contributed by atoms with Gasteiger partial charge in [-0.3, -0.25) is 9.59 Å². The lowest BCUT2D eigenvalue weighted by Gasteiger charge is -2.34. The molecule has 1 aromatic heterocycles. The van der Waals surface area contributed by atoms with Crippen LogP contribution in [0.3, 0.4) is 0 Å². The van der Waals surface area contributed by atoms with Gasteiger partial charge >= 0.3 is 11.9 Å². The fourth-order valence-corrected chi connectivity index (χ4v) is 6.64. The molecule has 9 nitrogen and oxygen atoms in total. The van der Waals surface area contributed by atoms with Crippen molar-refractivity contribution in [3.05, 3.63) is 29.5 Å². The predicted octanol–water partition coefficient (Wildman–Crippen LogP) is 5.75. The summed E-state index contributed by atoms with van der Waals surface area (Å²) in [6.07, 6.45) is 0.832. The molecule has 0 N–H and O–H groups in total. The molecule has 44 heavy (non-hydrogen) atoms. The standard InChI is InChI=1S/C33H43F2N3O6/c1-7-20-25-17-38(27(20)31(41)42-6)30(40)21(32(3,4)5)16-26(39)43-24-15-19(24)10-8-9-13-33(34,35)28-29(44-25)37-23-14-18(2)11-12-22(23)36-28/h11-12,14,19-21,24-25,27H,7-10,13,15-17H2,1-6H3/t19-,20-,21-,24-,25+,27+/m1/s1. The minimum atomic E-state index is -3.34. The van der Waals surface area contributed by atoms with Crippen molar-refractivity contribution in [3.8, 4) is 5.88 Å². The molecule has 11 heteroatoms. The first-order chi connectivity index (χ1) is 20.7. The van der Waals surface area contributed by atoms with Gasteiger partial charge in [0, 0.05) is 12.3 Å². The third-order valence-electron chi connectivity index (χ3n) is 9.36. The lowest BCUT2D eigenvalue weighted by atomic mass is 9.77. The number of ether oxygens (including phenoxy) is 3. The number of carbonyl (C=O) groups is 3. The SMILES string of the molecule is CC[C@@H]1[C@@H]2CN(C(=O)[C@H](C(C)(C)C)CC(=O)O[C@@H]3C[C@H]3CCCCC(F)(F)c3nc4ccc(C)cc4nc3O2)[C@@H]1C(=O)OC. The van der Waals surface area contributed by atoms with Crippen LogP contribution < -0.4 is 4.74 Å². The van der Waals surface area contributed by atoms with Crippen molar-refractivity contribution in [3.63, 3.8) is 0 Å². The van der Waals surface area contributed by atoms with E-state index >= 15 is 8.78 Å². The number of aromatic nitrogens is 2. The Kier molecular flexibility index (Phi) is 8.88. The van der Waals surface area contributed by atoms with Crippen LogP contribution in [0.4, 0.5) is 8.78 Å². The average molecular weight is 616 g/mol. The van der Waals surface area contributed by atoms with Gasteiger partial charge in [0.1, 0.15) is 18.2 Å². The molecule has 0 unspecified atom stereocenters. The summed E-state index contributed by atoms with van der Waals surface area (Å²) in [5, 5.41) is 0. The van der Waals surface area contributed by atoms with E-state index in [1.54, 1.807) is 18.2 Å². The van der Waals surface area contributed by atoms with E-state index in [9.17, 15) is 14.4 Å². The number of benzene rings is 1. The average Bonchev–Trinajstić information content (AvgIpc) is 3.59. The van der Waals surface area contributed by atoms with E-state index in [-0.39, 0.29) is 37.3 Å². The maximum Gasteiger partial charge on any atom is 0.329 e. The second kappa shape index (κ2) is 12.2. The van der Waals surface area contributed by atoms with Crippen molar-refractivity contribution in [2.45, 2.75) is 104 Å². The molecule has 1 aliphatic carbocycles. The van der Waals surface area contributed by atoms with Crippen molar-refractivity contribution in [1.29, 1.82) is 0 Å². The Morgan fingerprint density at radius 1 is 1.11 bits per heavy atom. The molecule has 0 spiro atoms. The Bertz CT molecular complexity index is 1430. The van der Waals surface area contributed by atoms with E-state index in [2.05, 4.69) is 9.97 Å². The lowest BCUT2D eigenvalue weighted by molar-refractivity contribution is -0.158. The van der Waals surface area contributed by atoms with E-state index in [1.807, 2.05) is 34.6 Å². The van der Waals surface area contributed by atoms with Gasteiger partial charge in [-0.1, -0.05) is 40.2 Å². The molecule has 3 heterocycles. The first-order valence-corrected chi connectivity index (χ1v) is 15.6. The first-order valence-electron chi connectivity index (χ1n) is 15.6. The van der Waals surface area contributed by atoms with Crippen LogP contribution >= 0.6 is 0 Å². The van der Waals surface area contributed by atoms with E-state index < -0.39 is 65.3 Å². The maximum absolute atomic E-state index is 15.9. The number of nitrogens with zero attached hydrogens (tertiary/aromatic N) is 3. The van der Waals surface area contributed by atoms with Crippen LogP contribution in [0.25, 0.3) is 11.0 Å². The molecule has 2 aliphatic heterocycles. The fourth-order valence-electron chi connectivity index (χ4n) is 6.64. The number of carbonyl (C=O) groups excluding carboxylic acids is 3. The normalized spacial score (nSPS) is 29.5. The van der Waals surface area contributed by atoms with E-state index in [4.69, 9.17) is 14.2 Å². The number of aryl methyl sites for hydroxylation is 1. The zero-order chi connectivity index (χ0) is 32.0. The lowest BCUT2D eigenvalue weighted by Crippen LogP contribution is -2.49. The van der Waals surface area contributed by atoms with Gasteiger partial charge in [-0.2, -0.15) is 8.78 Å². The summed E-state index contributed by atoms with van der Waals surface area (Å²) >= 11 is 0. The van der Waals surface area contributed by atoms with Crippen LogP contribution in [-0.2, 0) is 29.8 Å². The van der Waals surface area contributed by atoms with Gasteiger partial charge in [0.2, 0.25) is 11.8 Å². The summed E-state index contributed by atoms with van der Waals surface area (Å²) < 4.78 is 49.0. The monoisotopic (exact) mass is 615 g/mol. The summed E-state index contributed by atoms with van der Waals surface area (Å²) in [5.41, 5.74) is 0.445. The highest BCUT2D eigenvalue weighted by molar-refractivity contribution is 5.89. The van der Waals surface area contributed by atoms with E-state index in [0.29, 0.717) is 36.7 Å². The van der Waals surface area contributed by atoms with Gasteiger partial charge in [0.05, 0.1) is 37.0 Å². The number of amides is 1. The highest BCUT2D eigenvalue weighted by Gasteiger charge is 2.52. The van der Waals surface area contributed by atoms with Gasteiger partial charge in [0.25, 0.3) is 5.92 Å². The molecule has 1 amide bonds. The highest BCUT2D eigenvalue weighted by atomic mass is 19.3. The number of rotatable bonds is 2. The molecule has 2 bridgehead atoms. The fraction of sp³-hybridized carbons (Fsp3) is 0.667. The molecule has 0 radical (unpaired) electrons. The Labute approximate surface area is 257 Å². The predicted molar refractivity (Wildman–Crippen MR) is 158 cm³/mol. The minimum Gasteiger partial charge on any atom is -0.471 e. The van der Waals surface area contributed by atoms with Gasteiger partial charge in [0.15, 0.2) is 5.69 Å². The number of hydrogen-bond donors (Lipinski definition) is 0. The van der Waals surface area contributed by atoms with Crippen LogP contribution in [0.2, 0.25) is 0 Å². The zero-order valence-corrected chi connectivity index (χ0v) is 26.4. The zero-order valence-electron chi connectivity index (χ0n) is 26.4. The molecule has 2 fully saturated rings. The smallest absolute Gasteiger partial charge is 0.329 e. The number of alkyl halides is 2.